The van der Waals surface area contributed by atoms with E-state index in [0.717, 1.165) is 11.1 Å². The number of hydrogen-bond donors (Lipinski definition) is 1. The Balaban J connectivity index is 1.58. The summed E-state index contributed by atoms with van der Waals surface area (Å²) in [6, 6.07) is 16.5. The Bertz CT molecular complexity index is 1150. The molecule has 0 aliphatic carbocycles. The van der Waals surface area contributed by atoms with Gasteiger partial charge < -0.3 is 14.6 Å². The first-order valence-corrected chi connectivity index (χ1v) is 9.56. The number of benzene rings is 2. The molecule has 0 bridgehead atoms. The van der Waals surface area contributed by atoms with Gasteiger partial charge in [-0.25, -0.2) is 4.98 Å². The van der Waals surface area contributed by atoms with Crippen LogP contribution in [0.4, 0.5) is 5.82 Å². The van der Waals surface area contributed by atoms with Crippen molar-refractivity contribution in [3.63, 3.8) is 0 Å². The van der Waals surface area contributed by atoms with E-state index in [9.17, 15) is 0 Å². The van der Waals surface area contributed by atoms with Crippen molar-refractivity contribution in [3.8, 4) is 22.9 Å². The lowest BCUT2D eigenvalue weighted by Crippen LogP contribution is -1.96. The van der Waals surface area contributed by atoms with Crippen LogP contribution in [0, 0.1) is 0 Å². The van der Waals surface area contributed by atoms with Crippen molar-refractivity contribution >= 4 is 29.0 Å². The number of nitrogens with one attached hydrogen (secondary N) is 1. The average Bonchev–Trinajstić information content (AvgIpc) is 3.20. The zero-order chi connectivity index (χ0) is 20.2. The monoisotopic (exact) mass is 426 g/mol. The number of pyridine rings is 1. The van der Waals surface area contributed by atoms with Gasteiger partial charge in [-0.2, -0.15) is 4.98 Å². The predicted molar refractivity (Wildman–Crippen MR) is 113 cm³/mol. The Morgan fingerprint density at radius 2 is 1.90 bits per heavy atom. The lowest BCUT2D eigenvalue weighted by Gasteiger charge is -2.10. The highest BCUT2D eigenvalue weighted by Crippen LogP contribution is 2.32. The van der Waals surface area contributed by atoms with Gasteiger partial charge in [0.15, 0.2) is 0 Å². The van der Waals surface area contributed by atoms with Crippen molar-refractivity contribution in [2.75, 3.05) is 12.4 Å². The second-order valence-corrected chi connectivity index (χ2v) is 6.94. The van der Waals surface area contributed by atoms with Gasteiger partial charge in [-0.05, 0) is 30.3 Å². The number of rotatable bonds is 6. The van der Waals surface area contributed by atoms with E-state index in [4.69, 9.17) is 32.5 Å². The minimum absolute atomic E-state index is 0.416. The fourth-order valence-corrected chi connectivity index (χ4v) is 3.09. The summed E-state index contributed by atoms with van der Waals surface area (Å²) in [5.41, 5.74) is 1.67. The van der Waals surface area contributed by atoms with Gasteiger partial charge in [0.05, 0.1) is 22.0 Å². The summed E-state index contributed by atoms with van der Waals surface area (Å²) >= 11 is 12.1. The first-order chi connectivity index (χ1) is 14.1. The molecule has 4 aromatic rings. The summed E-state index contributed by atoms with van der Waals surface area (Å²) in [4.78, 5) is 8.77. The molecule has 8 heteroatoms. The van der Waals surface area contributed by atoms with Crippen molar-refractivity contribution in [2.24, 2.45) is 0 Å². The van der Waals surface area contributed by atoms with Crippen LogP contribution in [0.1, 0.15) is 11.5 Å². The second-order valence-electron chi connectivity index (χ2n) is 6.12. The van der Waals surface area contributed by atoms with Crippen molar-refractivity contribution in [1.29, 1.82) is 0 Å². The molecule has 0 aliphatic heterocycles. The summed E-state index contributed by atoms with van der Waals surface area (Å²) in [5.74, 6) is 2.88. The number of para-hydroxylation sites is 1. The van der Waals surface area contributed by atoms with E-state index < -0.39 is 0 Å². The van der Waals surface area contributed by atoms with Crippen LogP contribution in [0.5, 0.6) is 11.5 Å². The third-order valence-corrected chi connectivity index (χ3v) is 4.93. The van der Waals surface area contributed by atoms with Crippen LogP contribution in [0.15, 0.2) is 65.3 Å². The Hall–Kier alpha value is -3.09. The lowest BCUT2D eigenvalue weighted by molar-refractivity contribution is 0.383. The van der Waals surface area contributed by atoms with Crippen LogP contribution in [-0.4, -0.2) is 22.2 Å². The highest BCUT2D eigenvalue weighted by molar-refractivity contribution is 6.42. The van der Waals surface area contributed by atoms with Gasteiger partial charge in [0.2, 0.25) is 11.7 Å². The van der Waals surface area contributed by atoms with Crippen LogP contribution in [0.3, 0.4) is 0 Å². The van der Waals surface area contributed by atoms with Crippen LogP contribution in [0.25, 0.3) is 11.4 Å². The Kier molecular flexibility index (Phi) is 5.64. The molecule has 0 unspecified atom stereocenters. The molecule has 1 N–H and O–H groups in total. The highest BCUT2D eigenvalue weighted by atomic mass is 35.5. The molecular formula is C21H16Cl2N4O2. The van der Waals surface area contributed by atoms with Crippen molar-refractivity contribution < 1.29 is 9.26 Å². The van der Waals surface area contributed by atoms with Crippen LogP contribution >= 0.6 is 23.2 Å². The third kappa shape index (κ3) is 4.34. The van der Waals surface area contributed by atoms with E-state index in [1.807, 2.05) is 36.4 Å². The number of ether oxygens (including phenoxy) is 1. The molecule has 29 heavy (non-hydrogen) atoms. The fraction of sp³-hybridized carbons (Fsp3) is 0.0952. The molecule has 0 atom stereocenters. The maximum absolute atomic E-state index is 6.08. The summed E-state index contributed by atoms with van der Waals surface area (Å²) in [5, 5.41) is 8.02. The van der Waals surface area contributed by atoms with Gasteiger partial charge in [0.25, 0.3) is 0 Å². The number of halogens is 2. The molecule has 2 aromatic carbocycles. The van der Waals surface area contributed by atoms with Crippen LogP contribution in [0.2, 0.25) is 10.0 Å². The van der Waals surface area contributed by atoms with Gasteiger partial charge in [0, 0.05) is 24.9 Å². The van der Waals surface area contributed by atoms with E-state index in [2.05, 4.69) is 20.4 Å². The van der Waals surface area contributed by atoms with Crippen molar-refractivity contribution in [1.82, 2.24) is 15.1 Å². The summed E-state index contributed by atoms with van der Waals surface area (Å²) in [6.07, 6.45) is 2.12. The Labute approximate surface area is 177 Å². The summed E-state index contributed by atoms with van der Waals surface area (Å²) in [6.45, 7) is 0. The molecular weight excluding hydrogens is 411 g/mol. The molecule has 0 spiro atoms. The topological polar surface area (TPSA) is 73.1 Å². The van der Waals surface area contributed by atoms with Crippen LogP contribution < -0.4 is 10.1 Å². The van der Waals surface area contributed by atoms with E-state index in [0.29, 0.717) is 45.5 Å². The van der Waals surface area contributed by atoms with Gasteiger partial charge >= 0.3 is 0 Å². The van der Waals surface area contributed by atoms with Crippen molar-refractivity contribution in [2.45, 2.75) is 6.42 Å². The number of anilines is 1. The van der Waals surface area contributed by atoms with Gasteiger partial charge in [-0.1, -0.05) is 46.6 Å². The maximum atomic E-state index is 6.08. The van der Waals surface area contributed by atoms with E-state index in [-0.39, 0.29) is 0 Å². The number of nitrogens with zero attached hydrogens (tertiary/aromatic N) is 3. The molecule has 0 aliphatic rings. The zero-order valence-corrected chi connectivity index (χ0v) is 16.9. The molecule has 0 radical (unpaired) electrons. The lowest BCUT2D eigenvalue weighted by atomic mass is 10.1. The minimum Gasteiger partial charge on any atom is -0.457 e. The molecule has 0 saturated carbocycles. The predicted octanol–water partition coefficient (Wildman–Crippen LogP) is 5.86. The Morgan fingerprint density at radius 1 is 1.03 bits per heavy atom. The molecule has 0 fully saturated rings. The molecule has 0 amide bonds. The summed E-state index contributed by atoms with van der Waals surface area (Å²) in [7, 11) is 1.80. The second kappa shape index (κ2) is 8.51. The molecule has 146 valence electrons. The zero-order valence-electron chi connectivity index (χ0n) is 15.4. The molecule has 0 saturated heterocycles. The van der Waals surface area contributed by atoms with E-state index >= 15 is 0 Å². The standard InChI is InChI=1S/C21H16Cl2N4O2/c1-24-20-15(6-4-10-25-20)21-26-19(29-27-21)11-13-5-2-3-7-18(13)28-14-8-9-16(22)17(23)12-14/h2-10,12H,11H2,1H3,(H,24,25). The molecule has 2 aromatic heterocycles. The first kappa shape index (κ1) is 19.2. The molecule has 2 heterocycles. The fourth-order valence-electron chi connectivity index (χ4n) is 2.80. The third-order valence-electron chi connectivity index (χ3n) is 4.19. The minimum atomic E-state index is 0.416. The maximum Gasteiger partial charge on any atom is 0.231 e. The van der Waals surface area contributed by atoms with Gasteiger partial charge in [0.1, 0.15) is 17.3 Å². The largest absolute Gasteiger partial charge is 0.457 e. The Morgan fingerprint density at radius 3 is 2.72 bits per heavy atom. The van der Waals surface area contributed by atoms with Crippen LogP contribution in [-0.2, 0) is 6.42 Å². The normalized spacial score (nSPS) is 10.7. The van der Waals surface area contributed by atoms with E-state index in [1.165, 1.54) is 0 Å². The molecule has 6 nitrogen and oxygen atoms in total. The smallest absolute Gasteiger partial charge is 0.231 e. The molecule has 4 rings (SSSR count). The number of aromatic nitrogens is 3. The summed E-state index contributed by atoms with van der Waals surface area (Å²) < 4.78 is 11.4. The SMILES string of the molecule is CNc1ncccc1-c1noc(Cc2ccccc2Oc2ccc(Cl)c(Cl)c2)n1. The quantitative estimate of drug-likeness (QED) is 0.415. The highest BCUT2D eigenvalue weighted by Gasteiger charge is 2.15. The van der Waals surface area contributed by atoms with Gasteiger partial charge in [-0.3, -0.25) is 0 Å². The van der Waals surface area contributed by atoms with Crippen molar-refractivity contribution in [3.05, 3.63) is 82.3 Å². The average molecular weight is 427 g/mol. The number of hydrogen-bond acceptors (Lipinski definition) is 6. The first-order valence-electron chi connectivity index (χ1n) is 8.80. The van der Waals surface area contributed by atoms with E-state index in [1.54, 1.807) is 31.4 Å². The van der Waals surface area contributed by atoms with Gasteiger partial charge in [-0.15, -0.1) is 0 Å².